The minimum absolute atomic E-state index is 0.450. The van der Waals surface area contributed by atoms with Gasteiger partial charge in [0.1, 0.15) is 0 Å². The third-order valence-corrected chi connectivity index (χ3v) is 8.66. The van der Waals surface area contributed by atoms with Crippen LogP contribution in [0.1, 0.15) is 85.7 Å². The van der Waals surface area contributed by atoms with Gasteiger partial charge in [0.2, 0.25) is 0 Å². The van der Waals surface area contributed by atoms with E-state index >= 15 is 0 Å². The van der Waals surface area contributed by atoms with E-state index in [1.54, 1.807) is 5.56 Å². The summed E-state index contributed by atoms with van der Waals surface area (Å²) in [7, 11) is 0. The monoisotopic (exact) mass is 443 g/mol. The Morgan fingerprint density at radius 2 is 1.62 bits per heavy atom. The second-order valence-corrected chi connectivity index (χ2v) is 11.9. The van der Waals surface area contributed by atoms with Crippen LogP contribution in [0.3, 0.4) is 0 Å². The molecule has 0 aliphatic heterocycles. The van der Waals surface area contributed by atoms with Crippen molar-refractivity contribution in [1.29, 1.82) is 0 Å². The third-order valence-electron chi connectivity index (χ3n) is 8.66. The number of hydrogen-bond donors (Lipinski definition) is 0. The summed E-state index contributed by atoms with van der Waals surface area (Å²) >= 11 is 0. The zero-order valence-electron chi connectivity index (χ0n) is 20.6. The molecule has 0 radical (unpaired) electrons. The van der Waals surface area contributed by atoms with Crippen LogP contribution in [-0.2, 0) is 6.42 Å². The van der Waals surface area contributed by atoms with Crippen LogP contribution in [0.15, 0.2) is 60.7 Å². The standard InChI is InChI=1S/C33H33N/c1-20-15-27-24-8-5-4-7-22(24)17-28(27)30(16-20)32-26-10-6-9-25(23-13-14-33(2,3)19-23)29(26)18-31(34-32)21-11-12-21/h4-10,15-16,18,21,23H,11-14,17,19H2,1-3H3. The van der Waals surface area contributed by atoms with E-state index in [9.17, 15) is 0 Å². The molecule has 0 saturated heterocycles. The predicted octanol–water partition coefficient (Wildman–Crippen LogP) is 8.95. The first-order valence-electron chi connectivity index (χ1n) is 13.1. The van der Waals surface area contributed by atoms with Crippen molar-refractivity contribution in [3.63, 3.8) is 0 Å². The fraction of sp³-hybridized carbons (Fsp3) is 0.364. The highest BCUT2D eigenvalue weighted by molar-refractivity contribution is 5.99. The number of hydrogen-bond acceptors (Lipinski definition) is 1. The largest absolute Gasteiger partial charge is 0.252 e. The number of aromatic nitrogens is 1. The van der Waals surface area contributed by atoms with Gasteiger partial charge in [0, 0.05) is 22.6 Å². The van der Waals surface area contributed by atoms with Crippen molar-refractivity contribution in [2.45, 2.75) is 71.1 Å². The highest BCUT2D eigenvalue weighted by Crippen LogP contribution is 2.50. The molecule has 0 amide bonds. The van der Waals surface area contributed by atoms with E-state index in [1.165, 1.54) is 87.6 Å². The Morgan fingerprint density at radius 1 is 0.794 bits per heavy atom. The summed E-state index contributed by atoms with van der Waals surface area (Å²) in [6.07, 6.45) is 7.50. The van der Waals surface area contributed by atoms with Crippen molar-refractivity contribution in [3.05, 3.63) is 88.6 Å². The summed E-state index contributed by atoms with van der Waals surface area (Å²) in [5.74, 6) is 1.31. The molecule has 0 N–H and O–H groups in total. The van der Waals surface area contributed by atoms with Crippen LogP contribution >= 0.6 is 0 Å². The smallest absolute Gasteiger partial charge is 0.0787 e. The highest BCUT2D eigenvalue weighted by Gasteiger charge is 2.34. The van der Waals surface area contributed by atoms with Crippen LogP contribution in [0, 0.1) is 12.3 Å². The number of benzene rings is 3. The second kappa shape index (κ2) is 7.28. The third kappa shape index (κ3) is 3.24. The van der Waals surface area contributed by atoms with E-state index in [0.29, 0.717) is 17.3 Å². The van der Waals surface area contributed by atoms with Gasteiger partial charge in [-0.05, 0) is 108 Å². The molecule has 1 unspecified atom stereocenters. The highest BCUT2D eigenvalue weighted by atomic mass is 14.7. The van der Waals surface area contributed by atoms with Gasteiger partial charge in [-0.1, -0.05) is 62.4 Å². The van der Waals surface area contributed by atoms with E-state index < -0.39 is 0 Å². The van der Waals surface area contributed by atoms with Crippen LogP contribution in [-0.4, -0.2) is 4.98 Å². The Bertz CT molecular complexity index is 1450. The molecule has 1 heteroatoms. The fourth-order valence-corrected chi connectivity index (χ4v) is 6.76. The van der Waals surface area contributed by atoms with Gasteiger partial charge in [-0.15, -0.1) is 0 Å². The molecule has 1 nitrogen and oxygen atoms in total. The van der Waals surface area contributed by atoms with Gasteiger partial charge in [-0.2, -0.15) is 0 Å². The molecule has 1 aromatic heterocycles. The Morgan fingerprint density at radius 3 is 2.41 bits per heavy atom. The van der Waals surface area contributed by atoms with Gasteiger partial charge < -0.3 is 0 Å². The normalized spacial score (nSPS) is 20.5. The summed E-state index contributed by atoms with van der Waals surface area (Å²) in [6.45, 7) is 7.12. The molecule has 2 fully saturated rings. The molecule has 3 aliphatic rings. The molecular weight excluding hydrogens is 410 g/mol. The van der Waals surface area contributed by atoms with Crippen molar-refractivity contribution in [1.82, 2.24) is 4.98 Å². The van der Waals surface area contributed by atoms with E-state index in [-0.39, 0.29) is 0 Å². The number of aryl methyl sites for hydroxylation is 1. The van der Waals surface area contributed by atoms with Gasteiger partial charge >= 0.3 is 0 Å². The first-order valence-corrected chi connectivity index (χ1v) is 13.1. The lowest BCUT2D eigenvalue weighted by Crippen LogP contribution is -2.05. The Labute approximate surface area is 203 Å². The first kappa shape index (κ1) is 20.4. The summed E-state index contributed by atoms with van der Waals surface area (Å²) in [6, 6.07) is 23.2. The predicted molar refractivity (Wildman–Crippen MR) is 143 cm³/mol. The van der Waals surface area contributed by atoms with Crippen molar-refractivity contribution < 1.29 is 0 Å². The van der Waals surface area contributed by atoms with E-state index in [2.05, 4.69) is 81.4 Å². The van der Waals surface area contributed by atoms with Crippen molar-refractivity contribution >= 4 is 10.8 Å². The van der Waals surface area contributed by atoms with Gasteiger partial charge in [-0.25, -0.2) is 0 Å². The van der Waals surface area contributed by atoms with Crippen LogP contribution in [0.25, 0.3) is 33.2 Å². The molecule has 7 rings (SSSR count). The number of pyridine rings is 1. The van der Waals surface area contributed by atoms with Gasteiger partial charge in [0.25, 0.3) is 0 Å². The average molecular weight is 444 g/mol. The lowest BCUT2D eigenvalue weighted by atomic mass is 9.86. The molecule has 3 aliphatic carbocycles. The lowest BCUT2D eigenvalue weighted by Gasteiger charge is -2.20. The van der Waals surface area contributed by atoms with Crippen LogP contribution < -0.4 is 0 Å². The molecule has 3 aromatic carbocycles. The molecule has 0 bridgehead atoms. The maximum Gasteiger partial charge on any atom is 0.0787 e. The zero-order valence-corrected chi connectivity index (χ0v) is 20.6. The number of nitrogens with zero attached hydrogens (tertiary/aromatic N) is 1. The van der Waals surface area contributed by atoms with E-state index in [1.807, 2.05) is 0 Å². The topological polar surface area (TPSA) is 12.9 Å². The Hall–Kier alpha value is -2.93. The maximum absolute atomic E-state index is 5.41. The molecule has 1 atom stereocenters. The molecule has 34 heavy (non-hydrogen) atoms. The van der Waals surface area contributed by atoms with Gasteiger partial charge in [0.05, 0.1) is 5.69 Å². The van der Waals surface area contributed by atoms with E-state index in [4.69, 9.17) is 4.98 Å². The van der Waals surface area contributed by atoms with Gasteiger partial charge in [-0.3, -0.25) is 4.98 Å². The SMILES string of the molecule is Cc1cc2c(c(-c3nc(C4CC4)cc4c(C5CCC(C)(C)C5)cccc34)c1)Cc1ccccc1-2. The number of fused-ring (bicyclic) bond motifs is 4. The molecule has 1 heterocycles. The van der Waals surface area contributed by atoms with Crippen molar-refractivity contribution in [2.24, 2.45) is 5.41 Å². The summed E-state index contributed by atoms with van der Waals surface area (Å²) in [5, 5.41) is 2.80. The zero-order chi connectivity index (χ0) is 23.0. The molecule has 170 valence electrons. The van der Waals surface area contributed by atoms with Crippen LogP contribution in [0.4, 0.5) is 0 Å². The summed E-state index contributed by atoms with van der Waals surface area (Å²) in [4.78, 5) is 5.41. The fourth-order valence-electron chi connectivity index (χ4n) is 6.76. The summed E-state index contributed by atoms with van der Waals surface area (Å²) < 4.78 is 0. The Kier molecular flexibility index (Phi) is 4.38. The summed E-state index contributed by atoms with van der Waals surface area (Å²) in [5.41, 5.74) is 12.9. The molecular formula is C33H33N. The second-order valence-electron chi connectivity index (χ2n) is 11.9. The minimum Gasteiger partial charge on any atom is -0.252 e. The number of rotatable bonds is 3. The van der Waals surface area contributed by atoms with Gasteiger partial charge in [0.15, 0.2) is 0 Å². The van der Waals surface area contributed by atoms with Crippen molar-refractivity contribution in [3.8, 4) is 22.4 Å². The molecule has 0 spiro atoms. The minimum atomic E-state index is 0.450. The van der Waals surface area contributed by atoms with Crippen LogP contribution in [0.5, 0.6) is 0 Å². The average Bonchev–Trinajstić information content (AvgIpc) is 3.53. The van der Waals surface area contributed by atoms with Crippen molar-refractivity contribution in [2.75, 3.05) is 0 Å². The van der Waals surface area contributed by atoms with Crippen LogP contribution in [0.2, 0.25) is 0 Å². The lowest BCUT2D eigenvalue weighted by molar-refractivity contribution is 0.376. The quantitative estimate of drug-likeness (QED) is 0.271. The first-order chi connectivity index (χ1) is 16.5. The molecule has 2 saturated carbocycles. The van der Waals surface area contributed by atoms with E-state index in [0.717, 1.165) is 6.42 Å². The maximum atomic E-state index is 5.41. The Balaban J connectivity index is 1.47. The molecule has 4 aromatic rings.